The smallest absolute Gasteiger partial charge is 0.0340 e. The van der Waals surface area contributed by atoms with Crippen LogP contribution < -0.4 is 5.32 Å². The molecule has 0 saturated carbocycles. The fourth-order valence-electron chi connectivity index (χ4n) is 2.93. The van der Waals surface area contributed by atoms with Gasteiger partial charge >= 0.3 is 0 Å². The molecule has 0 aliphatic carbocycles. The Morgan fingerprint density at radius 3 is 1.79 bits per heavy atom. The van der Waals surface area contributed by atoms with Crippen molar-refractivity contribution in [2.45, 2.75) is 20.8 Å². The Morgan fingerprint density at radius 2 is 1.29 bits per heavy atom. The minimum atomic E-state index is 0.272. The third-order valence-corrected chi connectivity index (χ3v) is 4.45. The van der Waals surface area contributed by atoms with E-state index in [4.69, 9.17) is 0 Å². The van der Waals surface area contributed by atoms with Gasteiger partial charge in [0.25, 0.3) is 0 Å². The minimum Gasteiger partial charge on any atom is -0.385 e. The highest BCUT2D eigenvalue weighted by molar-refractivity contribution is 5.81. The summed E-state index contributed by atoms with van der Waals surface area (Å²) in [7, 11) is 0. The molecule has 0 saturated heterocycles. The van der Waals surface area contributed by atoms with Crippen molar-refractivity contribution < 1.29 is 0 Å². The van der Waals surface area contributed by atoms with Crippen molar-refractivity contribution in [1.82, 2.24) is 0 Å². The lowest BCUT2D eigenvalue weighted by Gasteiger charge is -2.19. The molecule has 3 aromatic rings. The number of nitrogens with one attached hydrogen (secondary N) is 1. The molecule has 1 N–H and O–H groups in total. The quantitative estimate of drug-likeness (QED) is 0.451. The van der Waals surface area contributed by atoms with E-state index >= 15 is 0 Å². The van der Waals surface area contributed by atoms with Gasteiger partial charge in [0, 0.05) is 12.2 Å². The van der Waals surface area contributed by atoms with E-state index in [9.17, 15) is 0 Å². The maximum absolute atomic E-state index is 3.49. The number of anilines is 1. The lowest BCUT2D eigenvalue weighted by atomic mass is 9.97. The second-order valence-corrected chi connectivity index (χ2v) is 8.21. The average Bonchev–Trinajstić information content (AvgIpc) is 2.71. The van der Waals surface area contributed by atoms with Crippen LogP contribution in [0.25, 0.3) is 11.6 Å². The largest absolute Gasteiger partial charge is 0.385 e. The van der Waals surface area contributed by atoms with Gasteiger partial charge in [0.2, 0.25) is 0 Å². The molecule has 0 atom stereocenters. The molecular formula is C27H29N. The van der Waals surface area contributed by atoms with Gasteiger partial charge in [0.15, 0.2) is 0 Å². The van der Waals surface area contributed by atoms with E-state index in [-0.39, 0.29) is 5.41 Å². The maximum atomic E-state index is 3.49. The summed E-state index contributed by atoms with van der Waals surface area (Å²) in [4.78, 5) is 0. The Morgan fingerprint density at radius 1 is 0.750 bits per heavy atom. The highest BCUT2D eigenvalue weighted by Crippen LogP contribution is 2.23. The average molecular weight is 368 g/mol. The predicted octanol–water partition coefficient (Wildman–Crippen LogP) is 7.29. The third kappa shape index (κ3) is 5.99. The first-order chi connectivity index (χ1) is 13.5. The summed E-state index contributed by atoms with van der Waals surface area (Å²) in [5.41, 5.74) is 6.30. The van der Waals surface area contributed by atoms with E-state index in [0.717, 1.165) is 12.2 Å². The first kappa shape index (κ1) is 19.7. The number of hydrogen-bond acceptors (Lipinski definition) is 1. The molecule has 3 rings (SSSR count). The van der Waals surface area contributed by atoms with Crippen molar-refractivity contribution in [1.29, 1.82) is 0 Å². The van der Waals surface area contributed by atoms with Crippen LogP contribution in [0.3, 0.4) is 0 Å². The van der Waals surface area contributed by atoms with Gasteiger partial charge in [-0.3, -0.25) is 0 Å². The van der Waals surface area contributed by atoms with Crippen LogP contribution in [0.5, 0.6) is 0 Å². The second kappa shape index (κ2) is 9.23. The first-order valence-electron chi connectivity index (χ1n) is 9.84. The summed E-state index contributed by atoms with van der Waals surface area (Å²) >= 11 is 0. The lowest BCUT2D eigenvalue weighted by Crippen LogP contribution is -2.18. The SMILES string of the molecule is CC(C)(C)CNc1ccc(C=CC=C(c2ccccc2)c2ccccc2)cc1. The number of allylic oxidation sites excluding steroid dienone is 2. The molecule has 0 aliphatic heterocycles. The normalized spacial score (nSPS) is 11.4. The number of benzene rings is 3. The molecule has 28 heavy (non-hydrogen) atoms. The standard InChI is InChI=1S/C27H29N/c1-27(2,3)21-28-25-19-17-22(18-20-25)11-10-16-26(23-12-6-4-7-13-23)24-14-8-5-9-15-24/h4-20,28H,21H2,1-3H3. The molecule has 0 aliphatic rings. The molecule has 0 spiro atoms. The fraction of sp³-hybridized carbons (Fsp3) is 0.185. The highest BCUT2D eigenvalue weighted by Gasteiger charge is 2.08. The fourth-order valence-corrected chi connectivity index (χ4v) is 2.93. The van der Waals surface area contributed by atoms with E-state index < -0.39 is 0 Å². The van der Waals surface area contributed by atoms with Gasteiger partial charge < -0.3 is 5.32 Å². The summed E-state index contributed by atoms with van der Waals surface area (Å²) in [6.07, 6.45) is 6.47. The molecule has 0 fully saturated rings. The molecule has 0 aromatic heterocycles. The Labute approximate surface area is 169 Å². The van der Waals surface area contributed by atoms with E-state index in [1.165, 1.54) is 22.3 Å². The molecule has 1 nitrogen and oxygen atoms in total. The molecular weight excluding hydrogens is 338 g/mol. The molecule has 142 valence electrons. The van der Waals surface area contributed by atoms with Crippen LogP contribution in [-0.2, 0) is 0 Å². The van der Waals surface area contributed by atoms with Crippen LogP contribution in [0.2, 0.25) is 0 Å². The Hall–Kier alpha value is -3.06. The van der Waals surface area contributed by atoms with Crippen molar-refractivity contribution in [2.75, 3.05) is 11.9 Å². The monoisotopic (exact) mass is 367 g/mol. The molecule has 3 aromatic carbocycles. The van der Waals surface area contributed by atoms with Gasteiger partial charge in [0.1, 0.15) is 0 Å². The van der Waals surface area contributed by atoms with Gasteiger partial charge in [-0.1, -0.05) is 112 Å². The van der Waals surface area contributed by atoms with E-state index in [1.807, 2.05) is 0 Å². The van der Waals surface area contributed by atoms with Gasteiger partial charge in [-0.15, -0.1) is 0 Å². The second-order valence-electron chi connectivity index (χ2n) is 8.21. The Bertz CT molecular complexity index is 870. The third-order valence-electron chi connectivity index (χ3n) is 4.45. The molecule has 0 heterocycles. The number of hydrogen-bond donors (Lipinski definition) is 1. The summed E-state index contributed by atoms with van der Waals surface area (Å²) < 4.78 is 0. The predicted molar refractivity (Wildman–Crippen MR) is 123 cm³/mol. The van der Waals surface area contributed by atoms with E-state index in [2.05, 4.69) is 129 Å². The summed E-state index contributed by atoms with van der Waals surface area (Å²) in [6.45, 7) is 7.67. The molecule has 0 unspecified atom stereocenters. The number of rotatable bonds is 6. The Kier molecular flexibility index (Phi) is 6.49. The summed E-state index contributed by atoms with van der Waals surface area (Å²) in [5.74, 6) is 0. The molecule has 1 heteroatoms. The van der Waals surface area contributed by atoms with Crippen molar-refractivity contribution in [3.63, 3.8) is 0 Å². The van der Waals surface area contributed by atoms with Crippen LogP contribution in [0.1, 0.15) is 37.5 Å². The van der Waals surface area contributed by atoms with E-state index in [1.54, 1.807) is 0 Å². The Balaban J connectivity index is 1.76. The topological polar surface area (TPSA) is 12.0 Å². The summed E-state index contributed by atoms with van der Waals surface area (Å²) in [5, 5.41) is 3.49. The van der Waals surface area contributed by atoms with Crippen LogP contribution in [0.15, 0.2) is 97.1 Å². The van der Waals surface area contributed by atoms with Crippen LogP contribution in [0, 0.1) is 5.41 Å². The van der Waals surface area contributed by atoms with Crippen molar-refractivity contribution in [2.24, 2.45) is 5.41 Å². The minimum absolute atomic E-state index is 0.272. The van der Waals surface area contributed by atoms with Gasteiger partial charge in [0.05, 0.1) is 0 Å². The molecule has 0 bridgehead atoms. The lowest BCUT2D eigenvalue weighted by molar-refractivity contribution is 0.443. The first-order valence-corrected chi connectivity index (χ1v) is 9.84. The van der Waals surface area contributed by atoms with Crippen LogP contribution in [-0.4, -0.2) is 6.54 Å². The van der Waals surface area contributed by atoms with Crippen molar-refractivity contribution in [3.8, 4) is 0 Å². The van der Waals surface area contributed by atoms with Crippen molar-refractivity contribution >= 4 is 17.3 Å². The van der Waals surface area contributed by atoms with Crippen molar-refractivity contribution in [3.05, 3.63) is 114 Å². The van der Waals surface area contributed by atoms with Gasteiger partial charge in [-0.25, -0.2) is 0 Å². The van der Waals surface area contributed by atoms with Gasteiger partial charge in [-0.05, 0) is 39.8 Å². The zero-order chi connectivity index (χ0) is 19.8. The van der Waals surface area contributed by atoms with Crippen LogP contribution in [0.4, 0.5) is 5.69 Å². The van der Waals surface area contributed by atoms with Crippen LogP contribution >= 0.6 is 0 Å². The maximum Gasteiger partial charge on any atom is 0.0340 e. The molecule has 0 radical (unpaired) electrons. The van der Waals surface area contributed by atoms with E-state index in [0.29, 0.717) is 0 Å². The zero-order valence-electron chi connectivity index (χ0n) is 17.0. The molecule has 0 amide bonds. The zero-order valence-corrected chi connectivity index (χ0v) is 17.0. The summed E-state index contributed by atoms with van der Waals surface area (Å²) in [6, 6.07) is 29.6. The highest BCUT2D eigenvalue weighted by atomic mass is 14.9. The van der Waals surface area contributed by atoms with Gasteiger partial charge in [-0.2, -0.15) is 0 Å².